The van der Waals surface area contributed by atoms with Gasteiger partial charge in [0.2, 0.25) is 0 Å². The van der Waals surface area contributed by atoms with Crippen LogP contribution >= 0.6 is 0 Å². The zero-order valence-electron chi connectivity index (χ0n) is 10.0. The average Bonchev–Trinajstić information content (AvgIpc) is 2.16. The van der Waals surface area contributed by atoms with Crippen LogP contribution in [0.3, 0.4) is 0 Å². The van der Waals surface area contributed by atoms with Crippen molar-refractivity contribution in [1.82, 2.24) is 0 Å². The molecule has 0 aromatic heterocycles. The molecule has 0 radical (unpaired) electrons. The normalized spacial score (nSPS) is 11.7. The molecular weight excluding hydrogens is 210 g/mol. The highest BCUT2D eigenvalue weighted by Crippen LogP contribution is 2.19. The van der Waals surface area contributed by atoms with Crippen molar-refractivity contribution in [3.63, 3.8) is 0 Å². The predicted octanol–water partition coefficient (Wildman–Crippen LogP) is 1.90. The van der Waals surface area contributed by atoms with Crippen LogP contribution in [-0.2, 0) is 13.3 Å². The van der Waals surface area contributed by atoms with Crippen LogP contribution in [0, 0.1) is 0 Å². The fourth-order valence-corrected chi connectivity index (χ4v) is 3.94. The molecule has 90 valence electrons. The summed E-state index contributed by atoms with van der Waals surface area (Å²) in [6.45, 7) is 11.3. The molecule has 0 heterocycles. The Bertz CT molecular complexity index is 170. The standard InChI is InChI=1S/C10H23NO3Si/c1-5-12-15(13-6-2,14-7-3)9-8-10(4)11/h4-9,11H2,1-3H3. The van der Waals surface area contributed by atoms with Crippen LogP contribution in [0.2, 0.25) is 6.04 Å². The summed E-state index contributed by atoms with van der Waals surface area (Å²) < 4.78 is 17.0. The molecule has 2 N–H and O–H groups in total. The van der Waals surface area contributed by atoms with Gasteiger partial charge in [-0.05, 0) is 27.2 Å². The summed E-state index contributed by atoms with van der Waals surface area (Å²) in [7, 11) is -2.50. The Labute approximate surface area is 93.8 Å². The lowest BCUT2D eigenvalue weighted by Gasteiger charge is -2.28. The molecule has 4 nitrogen and oxygen atoms in total. The van der Waals surface area contributed by atoms with Crippen molar-refractivity contribution in [3.05, 3.63) is 12.3 Å². The van der Waals surface area contributed by atoms with Crippen molar-refractivity contribution < 1.29 is 13.3 Å². The van der Waals surface area contributed by atoms with Gasteiger partial charge in [0.15, 0.2) is 0 Å². The summed E-state index contributed by atoms with van der Waals surface area (Å²) in [4.78, 5) is 0. The first-order valence-corrected chi connectivity index (χ1v) is 7.38. The molecule has 0 spiro atoms. The fraction of sp³-hybridized carbons (Fsp3) is 0.800. The van der Waals surface area contributed by atoms with E-state index in [1.54, 1.807) is 0 Å². The van der Waals surface area contributed by atoms with Crippen LogP contribution in [0.1, 0.15) is 27.2 Å². The van der Waals surface area contributed by atoms with E-state index in [0.29, 0.717) is 38.0 Å². The topological polar surface area (TPSA) is 53.7 Å². The second kappa shape index (κ2) is 7.87. The molecule has 0 fully saturated rings. The summed E-state index contributed by atoms with van der Waals surface area (Å²) in [6, 6.07) is 0.706. The van der Waals surface area contributed by atoms with Crippen molar-refractivity contribution in [1.29, 1.82) is 0 Å². The molecule has 0 saturated heterocycles. The Morgan fingerprint density at radius 1 is 1.07 bits per heavy atom. The lowest BCUT2D eigenvalue weighted by atomic mass is 10.4. The smallest absolute Gasteiger partial charge is 0.403 e. The van der Waals surface area contributed by atoms with E-state index < -0.39 is 8.80 Å². The van der Waals surface area contributed by atoms with Gasteiger partial charge in [0, 0.05) is 31.6 Å². The minimum Gasteiger partial charge on any atom is -0.403 e. The molecule has 0 aromatic rings. The van der Waals surface area contributed by atoms with E-state index in [9.17, 15) is 0 Å². The number of allylic oxidation sites excluding steroid dienone is 1. The van der Waals surface area contributed by atoms with Gasteiger partial charge < -0.3 is 19.0 Å². The van der Waals surface area contributed by atoms with Crippen LogP contribution in [0.4, 0.5) is 0 Å². The molecule has 0 unspecified atom stereocenters. The largest absolute Gasteiger partial charge is 0.501 e. The first-order chi connectivity index (χ1) is 7.10. The summed E-state index contributed by atoms with van der Waals surface area (Å²) >= 11 is 0. The number of hydrogen-bond acceptors (Lipinski definition) is 4. The minimum absolute atomic E-state index is 0.600. The Morgan fingerprint density at radius 3 is 1.73 bits per heavy atom. The van der Waals surface area contributed by atoms with E-state index in [1.807, 2.05) is 20.8 Å². The number of hydrogen-bond donors (Lipinski definition) is 1. The molecule has 0 amide bonds. The lowest BCUT2D eigenvalue weighted by Crippen LogP contribution is -2.46. The predicted molar refractivity (Wildman–Crippen MR) is 63.4 cm³/mol. The molecule has 0 atom stereocenters. The van der Waals surface area contributed by atoms with Crippen molar-refractivity contribution in [2.75, 3.05) is 19.8 Å². The summed E-state index contributed by atoms with van der Waals surface area (Å²) in [5.41, 5.74) is 6.19. The molecule has 0 saturated carbocycles. The third kappa shape index (κ3) is 5.94. The molecule has 5 heteroatoms. The van der Waals surface area contributed by atoms with E-state index in [1.165, 1.54) is 0 Å². The van der Waals surface area contributed by atoms with Crippen LogP contribution in [0.25, 0.3) is 0 Å². The van der Waals surface area contributed by atoms with E-state index >= 15 is 0 Å². The summed E-state index contributed by atoms with van der Waals surface area (Å²) in [6.07, 6.45) is 0.687. The molecule has 0 aromatic carbocycles. The zero-order chi connectivity index (χ0) is 11.7. The van der Waals surface area contributed by atoms with Gasteiger partial charge >= 0.3 is 8.80 Å². The highest BCUT2D eigenvalue weighted by atomic mass is 28.4. The molecule has 0 rings (SSSR count). The van der Waals surface area contributed by atoms with E-state index in [-0.39, 0.29) is 0 Å². The van der Waals surface area contributed by atoms with Gasteiger partial charge in [0.1, 0.15) is 0 Å². The first kappa shape index (κ1) is 14.6. The van der Waals surface area contributed by atoms with E-state index in [4.69, 9.17) is 19.0 Å². The SMILES string of the molecule is C=C(N)CC[Si](OCC)(OCC)OCC. The quantitative estimate of drug-likeness (QED) is 0.618. The Kier molecular flexibility index (Phi) is 7.68. The maximum atomic E-state index is 5.66. The third-order valence-corrected chi connectivity index (χ3v) is 4.89. The zero-order valence-corrected chi connectivity index (χ0v) is 11.0. The van der Waals surface area contributed by atoms with Crippen LogP contribution in [-0.4, -0.2) is 28.6 Å². The maximum absolute atomic E-state index is 5.66. The summed E-state index contributed by atoms with van der Waals surface area (Å²) in [5.74, 6) is 0. The highest BCUT2D eigenvalue weighted by Gasteiger charge is 2.39. The molecule has 0 aliphatic heterocycles. The Hall–Kier alpha value is -0.363. The number of nitrogens with two attached hydrogens (primary N) is 1. The maximum Gasteiger partial charge on any atom is 0.501 e. The van der Waals surface area contributed by atoms with Gasteiger partial charge in [0.05, 0.1) is 0 Å². The van der Waals surface area contributed by atoms with Crippen LogP contribution in [0.15, 0.2) is 12.3 Å². The van der Waals surface area contributed by atoms with Gasteiger partial charge in [0.25, 0.3) is 0 Å². The van der Waals surface area contributed by atoms with Crippen LogP contribution < -0.4 is 5.73 Å². The fourth-order valence-electron chi connectivity index (χ4n) is 1.31. The Morgan fingerprint density at radius 2 is 1.47 bits per heavy atom. The first-order valence-electron chi connectivity index (χ1n) is 5.45. The van der Waals surface area contributed by atoms with Gasteiger partial charge in [-0.2, -0.15) is 0 Å². The molecule has 0 aliphatic rings. The monoisotopic (exact) mass is 233 g/mol. The highest BCUT2D eigenvalue weighted by molar-refractivity contribution is 6.60. The Balaban J connectivity index is 4.37. The lowest BCUT2D eigenvalue weighted by molar-refractivity contribution is 0.0714. The van der Waals surface area contributed by atoms with Gasteiger partial charge in [-0.3, -0.25) is 0 Å². The third-order valence-electron chi connectivity index (χ3n) is 1.85. The molecule has 0 aliphatic carbocycles. The molecule has 15 heavy (non-hydrogen) atoms. The second-order valence-electron chi connectivity index (χ2n) is 3.14. The minimum atomic E-state index is -2.50. The summed E-state index contributed by atoms with van der Waals surface area (Å²) in [5, 5.41) is 0. The molecule has 0 bridgehead atoms. The van der Waals surface area contributed by atoms with Crippen molar-refractivity contribution >= 4 is 8.80 Å². The van der Waals surface area contributed by atoms with Gasteiger partial charge in [-0.25, -0.2) is 0 Å². The second-order valence-corrected chi connectivity index (χ2v) is 5.87. The van der Waals surface area contributed by atoms with Crippen molar-refractivity contribution in [2.45, 2.75) is 33.2 Å². The molecular formula is C10H23NO3Si. The van der Waals surface area contributed by atoms with Crippen molar-refractivity contribution in [3.8, 4) is 0 Å². The van der Waals surface area contributed by atoms with Crippen LogP contribution in [0.5, 0.6) is 0 Å². The number of rotatable bonds is 9. The van der Waals surface area contributed by atoms with Gasteiger partial charge in [-0.1, -0.05) is 6.58 Å². The van der Waals surface area contributed by atoms with Gasteiger partial charge in [-0.15, -0.1) is 0 Å². The van der Waals surface area contributed by atoms with Crippen molar-refractivity contribution in [2.24, 2.45) is 5.73 Å². The average molecular weight is 233 g/mol. The van der Waals surface area contributed by atoms with E-state index in [2.05, 4.69) is 6.58 Å². The van der Waals surface area contributed by atoms with E-state index in [0.717, 1.165) is 0 Å².